The fourth-order valence-corrected chi connectivity index (χ4v) is 2.32. The quantitative estimate of drug-likeness (QED) is 0.658. The fraction of sp³-hybridized carbons (Fsp3) is 0.188. The zero-order valence-corrected chi connectivity index (χ0v) is 13.2. The number of nitrogen functional groups attached to an aromatic ring is 1. The van der Waals surface area contributed by atoms with Crippen molar-refractivity contribution in [3.8, 4) is 5.75 Å². The van der Waals surface area contributed by atoms with E-state index in [0.29, 0.717) is 23.6 Å². The van der Waals surface area contributed by atoms with E-state index in [9.17, 15) is 4.79 Å². The third-order valence-corrected chi connectivity index (χ3v) is 3.31. The Hall–Kier alpha value is -2.01. The molecule has 0 heterocycles. The van der Waals surface area contributed by atoms with Gasteiger partial charge < -0.3 is 15.2 Å². The number of carbonyl (C=O) groups is 1. The molecule has 0 fully saturated rings. The molecule has 0 amide bonds. The molecule has 110 valence electrons. The first-order valence-corrected chi connectivity index (χ1v) is 7.34. The normalized spacial score (nSPS) is 10.2. The molecular weight excluding hydrogens is 334 g/mol. The molecule has 2 aromatic rings. The Morgan fingerprint density at radius 3 is 2.71 bits per heavy atom. The van der Waals surface area contributed by atoms with Crippen molar-refractivity contribution in [3.05, 3.63) is 58.1 Å². The molecule has 21 heavy (non-hydrogen) atoms. The molecule has 2 N–H and O–H groups in total. The lowest BCUT2D eigenvalue weighted by Gasteiger charge is -2.12. The van der Waals surface area contributed by atoms with Crippen molar-refractivity contribution in [2.75, 3.05) is 12.3 Å². The van der Waals surface area contributed by atoms with Crippen LogP contribution in [0.1, 0.15) is 22.8 Å². The van der Waals surface area contributed by atoms with Crippen LogP contribution in [0.4, 0.5) is 5.69 Å². The van der Waals surface area contributed by atoms with Crippen LogP contribution in [-0.2, 0) is 11.3 Å². The topological polar surface area (TPSA) is 61.5 Å². The number of benzene rings is 2. The van der Waals surface area contributed by atoms with Gasteiger partial charge in [-0.3, -0.25) is 0 Å². The molecule has 2 aromatic carbocycles. The van der Waals surface area contributed by atoms with Gasteiger partial charge in [0.15, 0.2) is 5.75 Å². The molecule has 2 rings (SSSR count). The van der Waals surface area contributed by atoms with Crippen molar-refractivity contribution >= 4 is 27.6 Å². The Morgan fingerprint density at radius 2 is 2.00 bits per heavy atom. The number of anilines is 1. The summed E-state index contributed by atoms with van der Waals surface area (Å²) in [5.41, 5.74) is 7.50. The summed E-state index contributed by atoms with van der Waals surface area (Å²) >= 11 is 3.38. The Bertz CT molecular complexity index is 643. The molecule has 0 aliphatic heterocycles. The van der Waals surface area contributed by atoms with E-state index in [1.54, 1.807) is 18.2 Å². The number of ether oxygens (including phenoxy) is 2. The highest BCUT2D eigenvalue weighted by molar-refractivity contribution is 9.10. The maximum Gasteiger partial charge on any atom is 0.342 e. The molecule has 0 aliphatic carbocycles. The molecule has 0 spiro atoms. The summed E-state index contributed by atoms with van der Waals surface area (Å²) in [6.07, 6.45) is 0. The molecule has 0 atom stereocenters. The van der Waals surface area contributed by atoms with Crippen molar-refractivity contribution < 1.29 is 14.3 Å². The van der Waals surface area contributed by atoms with E-state index in [-0.39, 0.29) is 6.61 Å². The summed E-state index contributed by atoms with van der Waals surface area (Å²) in [7, 11) is 0. The molecule has 4 nitrogen and oxygen atoms in total. The van der Waals surface area contributed by atoms with Gasteiger partial charge in [0.25, 0.3) is 0 Å². The molecule has 0 aliphatic rings. The molecule has 0 radical (unpaired) electrons. The largest absolute Gasteiger partial charge is 0.491 e. The zero-order valence-electron chi connectivity index (χ0n) is 11.6. The van der Waals surface area contributed by atoms with Gasteiger partial charge in [0, 0.05) is 4.47 Å². The number of hydrogen-bond donors (Lipinski definition) is 1. The zero-order chi connectivity index (χ0) is 15.2. The van der Waals surface area contributed by atoms with Gasteiger partial charge in [-0.15, -0.1) is 0 Å². The van der Waals surface area contributed by atoms with E-state index in [2.05, 4.69) is 15.9 Å². The Labute approximate surface area is 132 Å². The molecule has 0 saturated heterocycles. The average Bonchev–Trinajstić information content (AvgIpc) is 2.47. The summed E-state index contributed by atoms with van der Waals surface area (Å²) in [5, 5.41) is 0. The maximum absolute atomic E-state index is 12.2. The second-order valence-electron chi connectivity index (χ2n) is 4.36. The van der Waals surface area contributed by atoms with Crippen molar-refractivity contribution in [3.63, 3.8) is 0 Å². The minimum Gasteiger partial charge on any atom is -0.491 e. The summed E-state index contributed by atoms with van der Waals surface area (Å²) in [6, 6.07) is 12.6. The number of rotatable bonds is 5. The van der Waals surface area contributed by atoms with E-state index in [1.165, 1.54) is 0 Å². The third kappa shape index (κ3) is 3.98. The van der Waals surface area contributed by atoms with Crippen molar-refractivity contribution in [1.82, 2.24) is 0 Å². The standard InChI is InChI=1S/C16H16BrNO3/c1-2-20-15-13(7-4-8-14(15)18)16(19)21-10-11-5-3-6-12(17)9-11/h3-9H,2,10,18H2,1H3. The van der Waals surface area contributed by atoms with Gasteiger partial charge in [-0.2, -0.15) is 0 Å². The highest BCUT2D eigenvalue weighted by atomic mass is 79.9. The van der Waals surface area contributed by atoms with Crippen LogP contribution in [0.5, 0.6) is 5.75 Å². The first-order chi connectivity index (χ1) is 10.1. The smallest absolute Gasteiger partial charge is 0.342 e. The minimum atomic E-state index is -0.453. The SMILES string of the molecule is CCOc1c(N)cccc1C(=O)OCc1cccc(Br)c1. The van der Waals surface area contributed by atoms with E-state index >= 15 is 0 Å². The number of esters is 1. The second kappa shape index (κ2) is 7.13. The van der Waals surface area contributed by atoms with E-state index in [0.717, 1.165) is 10.0 Å². The molecule has 0 saturated carbocycles. The Balaban J connectivity index is 2.12. The van der Waals surface area contributed by atoms with Crippen LogP contribution in [0.2, 0.25) is 0 Å². The lowest BCUT2D eigenvalue weighted by Crippen LogP contribution is -2.09. The molecule has 0 bridgehead atoms. The lowest BCUT2D eigenvalue weighted by molar-refractivity contribution is 0.0468. The van der Waals surface area contributed by atoms with Crippen molar-refractivity contribution in [1.29, 1.82) is 0 Å². The van der Waals surface area contributed by atoms with Gasteiger partial charge in [-0.25, -0.2) is 4.79 Å². The highest BCUT2D eigenvalue weighted by Crippen LogP contribution is 2.27. The molecular formula is C16H16BrNO3. The number of halogens is 1. The molecule has 5 heteroatoms. The van der Waals surface area contributed by atoms with Crippen LogP contribution in [0, 0.1) is 0 Å². The predicted octanol–water partition coefficient (Wildman–Crippen LogP) is 3.79. The monoisotopic (exact) mass is 349 g/mol. The summed E-state index contributed by atoms with van der Waals surface area (Å²) in [4.78, 5) is 12.2. The van der Waals surface area contributed by atoms with Crippen LogP contribution in [0.25, 0.3) is 0 Å². The van der Waals surface area contributed by atoms with Crippen LogP contribution in [0.3, 0.4) is 0 Å². The summed E-state index contributed by atoms with van der Waals surface area (Å²) in [5.74, 6) is -0.0787. The van der Waals surface area contributed by atoms with Gasteiger partial charge in [0.1, 0.15) is 12.2 Å². The molecule has 0 aromatic heterocycles. The van der Waals surface area contributed by atoms with Gasteiger partial charge in [0.05, 0.1) is 12.3 Å². The molecule has 0 unspecified atom stereocenters. The Morgan fingerprint density at radius 1 is 1.24 bits per heavy atom. The third-order valence-electron chi connectivity index (χ3n) is 2.81. The predicted molar refractivity (Wildman–Crippen MR) is 85.3 cm³/mol. The summed E-state index contributed by atoms with van der Waals surface area (Å²) in [6.45, 7) is 2.46. The second-order valence-corrected chi connectivity index (χ2v) is 5.28. The van der Waals surface area contributed by atoms with E-state index in [4.69, 9.17) is 15.2 Å². The number of carbonyl (C=O) groups excluding carboxylic acids is 1. The highest BCUT2D eigenvalue weighted by Gasteiger charge is 2.16. The fourth-order valence-electron chi connectivity index (χ4n) is 1.87. The van der Waals surface area contributed by atoms with Gasteiger partial charge in [-0.05, 0) is 36.8 Å². The first-order valence-electron chi connectivity index (χ1n) is 6.54. The van der Waals surface area contributed by atoms with Crippen molar-refractivity contribution in [2.45, 2.75) is 13.5 Å². The first kappa shape index (κ1) is 15.4. The van der Waals surface area contributed by atoms with Crippen LogP contribution in [-0.4, -0.2) is 12.6 Å². The van der Waals surface area contributed by atoms with Crippen molar-refractivity contribution in [2.24, 2.45) is 0 Å². The van der Waals surface area contributed by atoms with Crippen LogP contribution in [0.15, 0.2) is 46.9 Å². The van der Waals surface area contributed by atoms with E-state index in [1.807, 2.05) is 31.2 Å². The number of nitrogens with two attached hydrogens (primary N) is 1. The average molecular weight is 350 g/mol. The van der Waals surface area contributed by atoms with Gasteiger partial charge in [0.2, 0.25) is 0 Å². The number of para-hydroxylation sites is 1. The van der Waals surface area contributed by atoms with Gasteiger partial charge >= 0.3 is 5.97 Å². The summed E-state index contributed by atoms with van der Waals surface area (Å²) < 4.78 is 11.7. The minimum absolute atomic E-state index is 0.193. The lowest BCUT2D eigenvalue weighted by atomic mass is 10.1. The van der Waals surface area contributed by atoms with Gasteiger partial charge in [-0.1, -0.05) is 34.1 Å². The van der Waals surface area contributed by atoms with Crippen LogP contribution < -0.4 is 10.5 Å². The Kier molecular flexibility index (Phi) is 5.22. The van der Waals surface area contributed by atoms with Crippen LogP contribution >= 0.6 is 15.9 Å². The maximum atomic E-state index is 12.2. The van der Waals surface area contributed by atoms with E-state index < -0.39 is 5.97 Å². The number of hydrogen-bond acceptors (Lipinski definition) is 4.